The first-order chi connectivity index (χ1) is 7.58. The standard InChI is InChI=1S/C12H20N2O2/c1-5-10(6-2)13-12(15)7-11-8(3)14-16-9(11)4/h10H,5-7H2,1-4H3,(H,13,15). The van der Waals surface area contributed by atoms with E-state index in [4.69, 9.17) is 4.52 Å². The summed E-state index contributed by atoms with van der Waals surface area (Å²) in [5.74, 6) is 0.778. The predicted octanol–water partition coefficient (Wildman–Crippen LogP) is 2.14. The molecular weight excluding hydrogens is 204 g/mol. The summed E-state index contributed by atoms with van der Waals surface area (Å²) >= 11 is 0. The number of hydrogen-bond acceptors (Lipinski definition) is 3. The lowest BCUT2D eigenvalue weighted by molar-refractivity contribution is -0.121. The van der Waals surface area contributed by atoms with Gasteiger partial charge in [0.25, 0.3) is 0 Å². The van der Waals surface area contributed by atoms with Gasteiger partial charge in [0.05, 0.1) is 12.1 Å². The van der Waals surface area contributed by atoms with Crippen molar-refractivity contribution in [2.45, 2.75) is 53.0 Å². The summed E-state index contributed by atoms with van der Waals surface area (Å²) in [5.41, 5.74) is 1.71. The van der Waals surface area contributed by atoms with Crippen molar-refractivity contribution in [2.75, 3.05) is 0 Å². The molecule has 1 rings (SSSR count). The zero-order valence-corrected chi connectivity index (χ0v) is 10.5. The Morgan fingerprint density at radius 3 is 2.44 bits per heavy atom. The molecule has 0 spiro atoms. The SMILES string of the molecule is CCC(CC)NC(=O)Cc1c(C)noc1C. The first kappa shape index (κ1) is 12.7. The van der Waals surface area contributed by atoms with Crippen LogP contribution in [-0.4, -0.2) is 17.1 Å². The Labute approximate surface area is 96.4 Å². The number of aryl methyl sites for hydroxylation is 2. The van der Waals surface area contributed by atoms with E-state index in [1.54, 1.807) is 0 Å². The van der Waals surface area contributed by atoms with Crippen LogP contribution in [0.3, 0.4) is 0 Å². The second-order valence-corrected chi connectivity index (χ2v) is 4.06. The molecule has 0 atom stereocenters. The molecule has 0 aliphatic carbocycles. The van der Waals surface area contributed by atoms with Gasteiger partial charge in [-0.25, -0.2) is 0 Å². The molecule has 1 aromatic heterocycles. The number of aromatic nitrogens is 1. The summed E-state index contributed by atoms with van der Waals surface area (Å²) in [6, 6.07) is 0.271. The molecule has 0 aliphatic heterocycles. The van der Waals surface area contributed by atoms with E-state index in [-0.39, 0.29) is 11.9 Å². The average molecular weight is 224 g/mol. The van der Waals surface area contributed by atoms with Crippen LogP contribution in [0.4, 0.5) is 0 Å². The van der Waals surface area contributed by atoms with Crippen molar-refractivity contribution in [3.63, 3.8) is 0 Å². The van der Waals surface area contributed by atoms with E-state index in [9.17, 15) is 4.79 Å². The van der Waals surface area contributed by atoms with E-state index in [1.807, 2.05) is 13.8 Å². The number of amides is 1. The number of rotatable bonds is 5. The van der Waals surface area contributed by atoms with E-state index in [2.05, 4.69) is 24.3 Å². The van der Waals surface area contributed by atoms with Crippen LogP contribution >= 0.6 is 0 Å². The zero-order valence-electron chi connectivity index (χ0n) is 10.5. The Morgan fingerprint density at radius 1 is 1.38 bits per heavy atom. The van der Waals surface area contributed by atoms with Crippen LogP contribution in [0.25, 0.3) is 0 Å². The second-order valence-electron chi connectivity index (χ2n) is 4.06. The maximum atomic E-state index is 11.8. The van der Waals surface area contributed by atoms with E-state index in [0.29, 0.717) is 6.42 Å². The van der Waals surface area contributed by atoms with Gasteiger partial charge in [-0.1, -0.05) is 19.0 Å². The number of nitrogens with zero attached hydrogens (tertiary/aromatic N) is 1. The van der Waals surface area contributed by atoms with Gasteiger partial charge in [-0.3, -0.25) is 4.79 Å². The lowest BCUT2D eigenvalue weighted by atomic mass is 10.1. The smallest absolute Gasteiger partial charge is 0.224 e. The van der Waals surface area contributed by atoms with Crippen LogP contribution in [0, 0.1) is 13.8 Å². The Bertz CT molecular complexity index is 334. The van der Waals surface area contributed by atoms with Crippen molar-refractivity contribution < 1.29 is 9.32 Å². The van der Waals surface area contributed by atoms with Gasteiger partial charge in [0.2, 0.25) is 5.91 Å². The Kier molecular flexibility index (Phi) is 4.52. The molecule has 0 bridgehead atoms. The van der Waals surface area contributed by atoms with Crippen LogP contribution in [0.15, 0.2) is 4.52 Å². The highest BCUT2D eigenvalue weighted by molar-refractivity contribution is 5.79. The number of nitrogens with one attached hydrogen (secondary N) is 1. The van der Waals surface area contributed by atoms with Crippen molar-refractivity contribution in [1.29, 1.82) is 0 Å². The van der Waals surface area contributed by atoms with Crippen molar-refractivity contribution in [1.82, 2.24) is 10.5 Å². The van der Waals surface area contributed by atoms with Gasteiger partial charge < -0.3 is 9.84 Å². The van der Waals surface area contributed by atoms with Crippen LogP contribution < -0.4 is 5.32 Å². The third-order valence-corrected chi connectivity index (χ3v) is 2.87. The molecule has 90 valence electrons. The fourth-order valence-electron chi connectivity index (χ4n) is 1.69. The molecule has 1 N–H and O–H groups in total. The third kappa shape index (κ3) is 3.08. The Balaban J connectivity index is 2.58. The molecular formula is C12H20N2O2. The van der Waals surface area contributed by atoms with E-state index in [1.165, 1.54) is 0 Å². The number of carbonyl (C=O) groups is 1. The van der Waals surface area contributed by atoms with Gasteiger partial charge >= 0.3 is 0 Å². The molecule has 1 aromatic rings. The summed E-state index contributed by atoms with van der Waals surface area (Å²) in [7, 11) is 0. The van der Waals surface area contributed by atoms with Crippen molar-refractivity contribution >= 4 is 5.91 Å². The molecule has 0 fully saturated rings. The Morgan fingerprint density at radius 2 is 2.00 bits per heavy atom. The molecule has 0 aliphatic rings. The summed E-state index contributed by atoms with van der Waals surface area (Å²) in [5, 5.41) is 6.83. The molecule has 4 heteroatoms. The summed E-state index contributed by atoms with van der Waals surface area (Å²) in [4.78, 5) is 11.8. The van der Waals surface area contributed by atoms with Gasteiger partial charge in [0.1, 0.15) is 5.76 Å². The fourth-order valence-corrected chi connectivity index (χ4v) is 1.69. The van der Waals surface area contributed by atoms with Gasteiger partial charge in [-0.2, -0.15) is 0 Å². The van der Waals surface area contributed by atoms with Gasteiger partial charge in [0.15, 0.2) is 0 Å². The molecule has 0 saturated carbocycles. The summed E-state index contributed by atoms with van der Waals surface area (Å²) < 4.78 is 5.02. The molecule has 1 amide bonds. The molecule has 4 nitrogen and oxygen atoms in total. The highest BCUT2D eigenvalue weighted by atomic mass is 16.5. The first-order valence-corrected chi connectivity index (χ1v) is 5.79. The molecule has 0 saturated heterocycles. The summed E-state index contributed by atoms with van der Waals surface area (Å²) in [6.07, 6.45) is 2.28. The van der Waals surface area contributed by atoms with E-state index in [0.717, 1.165) is 29.9 Å². The highest BCUT2D eigenvalue weighted by Gasteiger charge is 2.15. The predicted molar refractivity (Wildman–Crippen MR) is 62.2 cm³/mol. The van der Waals surface area contributed by atoms with Gasteiger partial charge in [-0.15, -0.1) is 0 Å². The van der Waals surface area contributed by atoms with Crippen LogP contribution in [0.2, 0.25) is 0 Å². The molecule has 0 aromatic carbocycles. The number of hydrogen-bond donors (Lipinski definition) is 1. The highest BCUT2D eigenvalue weighted by Crippen LogP contribution is 2.12. The normalized spacial score (nSPS) is 10.8. The first-order valence-electron chi connectivity index (χ1n) is 5.79. The Hall–Kier alpha value is -1.32. The van der Waals surface area contributed by atoms with E-state index >= 15 is 0 Å². The quantitative estimate of drug-likeness (QED) is 0.833. The monoisotopic (exact) mass is 224 g/mol. The minimum atomic E-state index is 0.0445. The average Bonchev–Trinajstić information content (AvgIpc) is 2.57. The van der Waals surface area contributed by atoms with E-state index < -0.39 is 0 Å². The molecule has 16 heavy (non-hydrogen) atoms. The maximum Gasteiger partial charge on any atom is 0.224 e. The largest absolute Gasteiger partial charge is 0.361 e. The fraction of sp³-hybridized carbons (Fsp3) is 0.667. The van der Waals surface area contributed by atoms with Crippen molar-refractivity contribution in [3.05, 3.63) is 17.0 Å². The molecule has 0 radical (unpaired) electrons. The van der Waals surface area contributed by atoms with Crippen LogP contribution in [0.1, 0.15) is 43.7 Å². The van der Waals surface area contributed by atoms with Gasteiger partial charge in [-0.05, 0) is 26.7 Å². The van der Waals surface area contributed by atoms with Gasteiger partial charge in [0, 0.05) is 11.6 Å². The van der Waals surface area contributed by atoms with Crippen molar-refractivity contribution in [2.24, 2.45) is 0 Å². The second kappa shape index (κ2) is 5.68. The van der Waals surface area contributed by atoms with Crippen LogP contribution in [-0.2, 0) is 11.2 Å². The molecule has 0 unspecified atom stereocenters. The van der Waals surface area contributed by atoms with Crippen LogP contribution in [0.5, 0.6) is 0 Å². The lowest BCUT2D eigenvalue weighted by Crippen LogP contribution is -2.35. The molecule has 1 heterocycles. The topological polar surface area (TPSA) is 55.1 Å². The zero-order chi connectivity index (χ0) is 12.1. The lowest BCUT2D eigenvalue weighted by Gasteiger charge is -2.14. The van der Waals surface area contributed by atoms with Crippen molar-refractivity contribution in [3.8, 4) is 0 Å². The maximum absolute atomic E-state index is 11.8. The number of carbonyl (C=O) groups excluding carboxylic acids is 1. The summed E-state index contributed by atoms with van der Waals surface area (Å²) in [6.45, 7) is 7.84. The minimum Gasteiger partial charge on any atom is -0.361 e. The third-order valence-electron chi connectivity index (χ3n) is 2.87. The minimum absolute atomic E-state index is 0.0445.